The summed E-state index contributed by atoms with van der Waals surface area (Å²) in [6.07, 6.45) is -4.44. The van der Waals surface area contributed by atoms with Crippen LogP contribution < -0.4 is 0 Å². The van der Waals surface area contributed by atoms with Crippen molar-refractivity contribution in [2.45, 2.75) is 12.7 Å². The molecule has 1 aliphatic rings. The van der Waals surface area contributed by atoms with E-state index in [0.717, 1.165) is 37.3 Å². The number of benzene rings is 3. The normalized spacial score (nSPS) is 14.7. The van der Waals surface area contributed by atoms with Crippen LogP contribution in [0.4, 0.5) is 13.2 Å². The molecule has 0 atom stereocenters. The number of piperazine rings is 1. The highest BCUT2D eigenvalue weighted by Crippen LogP contribution is 2.36. The van der Waals surface area contributed by atoms with Gasteiger partial charge in [-0.25, -0.2) is 0 Å². The highest BCUT2D eigenvalue weighted by molar-refractivity contribution is 6.01. The van der Waals surface area contributed by atoms with Crippen LogP contribution >= 0.6 is 0 Å². The Morgan fingerprint density at radius 3 is 2.00 bits per heavy atom. The van der Waals surface area contributed by atoms with E-state index in [9.17, 15) is 18.0 Å². The molecule has 0 radical (unpaired) electrons. The summed E-state index contributed by atoms with van der Waals surface area (Å²) in [6, 6.07) is 26.0. The summed E-state index contributed by atoms with van der Waals surface area (Å²) in [5, 5.41) is 0. The molecular formula is C29H25F3N2O2. The van der Waals surface area contributed by atoms with E-state index in [-0.39, 0.29) is 11.7 Å². The van der Waals surface area contributed by atoms with Crippen LogP contribution in [0.3, 0.4) is 0 Å². The predicted molar refractivity (Wildman–Crippen MR) is 132 cm³/mol. The zero-order valence-corrected chi connectivity index (χ0v) is 19.5. The molecule has 1 fully saturated rings. The van der Waals surface area contributed by atoms with Crippen molar-refractivity contribution in [1.29, 1.82) is 0 Å². The van der Waals surface area contributed by atoms with E-state index in [4.69, 9.17) is 4.42 Å². The Kier molecular flexibility index (Phi) is 6.65. The number of hydrogen-bond donors (Lipinski definition) is 0. The third kappa shape index (κ3) is 5.21. The molecule has 1 amide bonds. The molecule has 0 saturated carbocycles. The van der Waals surface area contributed by atoms with Crippen molar-refractivity contribution in [3.8, 4) is 22.6 Å². The molecule has 184 valence electrons. The summed E-state index contributed by atoms with van der Waals surface area (Å²) < 4.78 is 45.3. The average molecular weight is 491 g/mol. The molecule has 7 heteroatoms. The first-order chi connectivity index (χ1) is 17.4. The zero-order valence-electron chi connectivity index (χ0n) is 19.5. The zero-order chi connectivity index (χ0) is 25.1. The molecule has 3 aromatic carbocycles. The van der Waals surface area contributed by atoms with Crippen LogP contribution in [0.5, 0.6) is 0 Å². The first-order valence-electron chi connectivity index (χ1n) is 11.8. The second-order valence-corrected chi connectivity index (χ2v) is 8.85. The van der Waals surface area contributed by atoms with Gasteiger partial charge < -0.3 is 9.32 Å². The molecule has 1 aliphatic heterocycles. The monoisotopic (exact) mass is 490 g/mol. The first-order valence-corrected chi connectivity index (χ1v) is 11.8. The second-order valence-electron chi connectivity index (χ2n) is 8.85. The lowest BCUT2D eigenvalue weighted by molar-refractivity contribution is -0.137. The van der Waals surface area contributed by atoms with Crippen molar-refractivity contribution >= 4 is 5.91 Å². The summed E-state index contributed by atoms with van der Waals surface area (Å²) >= 11 is 0. The molecule has 0 N–H and O–H groups in total. The molecule has 1 saturated heterocycles. The number of carbonyl (C=O) groups excluding carboxylic acids is 1. The molecule has 2 heterocycles. The first kappa shape index (κ1) is 23.9. The molecule has 36 heavy (non-hydrogen) atoms. The summed E-state index contributed by atoms with van der Waals surface area (Å²) in [4.78, 5) is 17.7. The van der Waals surface area contributed by atoms with Crippen molar-refractivity contribution in [1.82, 2.24) is 9.80 Å². The molecule has 4 nitrogen and oxygen atoms in total. The van der Waals surface area contributed by atoms with Crippen molar-refractivity contribution in [2.75, 3.05) is 26.2 Å². The smallest absolute Gasteiger partial charge is 0.416 e. The number of carbonyl (C=O) groups is 1. The maximum atomic E-state index is 13.6. The second kappa shape index (κ2) is 10.0. The van der Waals surface area contributed by atoms with Crippen molar-refractivity contribution in [3.63, 3.8) is 0 Å². The topological polar surface area (TPSA) is 36.7 Å². The van der Waals surface area contributed by atoms with Crippen LogP contribution in [-0.2, 0) is 12.7 Å². The summed E-state index contributed by atoms with van der Waals surface area (Å²) in [5.74, 6) is 0.589. The van der Waals surface area contributed by atoms with E-state index in [1.54, 1.807) is 11.0 Å². The predicted octanol–water partition coefficient (Wildman–Crippen LogP) is 6.59. The van der Waals surface area contributed by atoms with Gasteiger partial charge in [-0.15, -0.1) is 0 Å². The van der Waals surface area contributed by atoms with Crippen molar-refractivity contribution in [3.05, 3.63) is 108 Å². The van der Waals surface area contributed by atoms with Gasteiger partial charge in [0, 0.05) is 43.9 Å². The van der Waals surface area contributed by atoms with Crippen LogP contribution in [0, 0.1) is 0 Å². The fraction of sp³-hybridized carbons (Fsp3) is 0.207. The molecule has 0 spiro atoms. The number of nitrogens with zero attached hydrogens (tertiary/aromatic N) is 2. The van der Waals surface area contributed by atoms with Crippen molar-refractivity contribution in [2.24, 2.45) is 0 Å². The number of rotatable bonds is 5. The van der Waals surface area contributed by atoms with Gasteiger partial charge in [0.2, 0.25) is 0 Å². The van der Waals surface area contributed by atoms with Gasteiger partial charge in [-0.2, -0.15) is 13.2 Å². The van der Waals surface area contributed by atoms with E-state index in [1.807, 2.05) is 48.5 Å². The van der Waals surface area contributed by atoms with Gasteiger partial charge in [0.15, 0.2) is 0 Å². The molecule has 0 bridgehead atoms. The van der Waals surface area contributed by atoms with Gasteiger partial charge in [0.05, 0.1) is 11.1 Å². The number of hydrogen-bond acceptors (Lipinski definition) is 3. The highest BCUT2D eigenvalue weighted by atomic mass is 19.4. The van der Waals surface area contributed by atoms with Crippen LogP contribution in [0.15, 0.2) is 95.4 Å². The van der Waals surface area contributed by atoms with Crippen LogP contribution in [0.1, 0.15) is 21.5 Å². The molecule has 0 unspecified atom stereocenters. The van der Waals surface area contributed by atoms with Gasteiger partial charge in [0.25, 0.3) is 5.91 Å². The minimum absolute atomic E-state index is 0.185. The van der Waals surface area contributed by atoms with Gasteiger partial charge in [-0.1, -0.05) is 72.8 Å². The Morgan fingerprint density at radius 2 is 1.39 bits per heavy atom. The average Bonchev–Trinajstić information content (AvgIpc) is 3.35. The Balaban J connectivity index is 1.39. The lowest BCUT2D eigenvalue weighted by Gasteiger charge is -2.34. The maximum absolute atomic E-state index is 13.6. The quantitative estimate of drug-likeness (QED) is 0.317. The molecule has 5 rings (SSSR count). The largest absolute Gasteiger partial charge is 0.455 e. The van der Waals surface area contributed by atoms with Crippen LogP contribution in [-0.4, -0.2) is 41.9 Å². The molecular weight excluding hydrogens is 465 g/mol. The van der Waals surface area contributed by atoms with E-state index >= 15 is 0 Å². The Morgan fingerprint density at radius 1 is 0.778 bits per heavy atom. The van der Waals surface area contributed by atoms with Crippen molar-refractivity contribution < 1.29 is 22.4 Å². The summed E-state index contributed by atoms with van der Waals surface area (Å²) in [7, 11) is 0. The van der Waals surface area contributed by atoms with E-state index in [0.29, 0.717) is 30.0 Å². The molecule has 4 aromatic rings. The lowest BCUT2D eigenvalue weighted by Crippen LogP contribution is -2.48. The number of amides is 1. The standard InChI is InChI=1S/C29H25F3N2O2/c30-29(31,32)24-13-11-23(12-14-24)27-25(19-26(36-27)22-9-5-2-6-10-22)28(35)34-17-15-33(16-18-34)20-21-7-3-1-4-8-21/h1-14,19H,15-18,20H2. The van der Waals surface area contributed by atoms with E-state index in [1.165, 1.54) is 17.7 Å². The third-order valence-corrected chi connectivity index (χ3v) is 6.40. The molecule has 0 aliphatic carbocycles. The fourth-order valence-electron chi connectivity index (χ4n) is 4.44. The Hall–Kier alpha value is -3.84. The fourth-order valence-corrected chi connectivity index (χ4v) is 4.44. The minimum Gasteiger partial charge on any atom is -0.455 e. The van der Waals surface area contributed by atoms with E-state index < -0.39 is 11.7 Å². The Labute approximate surface area is 207 Å². The van der Waals surface area contributed by atoms with Gasteiger partial charge in [0.1, 0.15) is 11.5 Å². The van der Waals surface area contributed by atoms with Crippen LogP contribution in [0.2, 0.25) is 0 Å². The number of alkyl halides is 3. The SMILES string of the molecule is O=C(c1cc(-c2ccccc2)oc1-c1ccc(C(F)(F)F)cc1)N1CCN(Cc2ccccc2)CC1. The minimum atomic E-state index is -4.44. The maximum Gasteiger partial charge on any atom is 0.416 e. The van der Waals surface area contributed by atoms with Crippen LogP contribution in [0.25, 0.3) is 22.6 Å². The van der Waals surface area contributed by atoms with Gasteiger partial charge in [-0.05, 0) is 23.8 Å². The summed E-state index contributed by atoms with van der Waals surface area (Å²) in [6.45, 7) is 3.41. The highest BCUT2D eigenvalue weighted by Gasteiger charge is 2.31. The Bertz CT molecular complexity index is 1310. The summed E-state index contributed by atoms with van der Waals surface area (Å²) in [5.41, 5.74) is 2.05. The van der Waals surface area contributed by atoms with Gasteiger partial charge >= 0.3 is 6.18 Å². The molecule has 1 aromatic heterocycles. The number of furan rings is 1. The van der Waals surface area contributed by atoms with Gasteiger partial charge in [-0.3, -0.25) is 9.69 Å². The van der Waals surface area contributed by atoms with E-state index in [2.05, 4.69) is 17.0 Å². The number of halogens is 3. The lowest BCUT2D eigenvalue weighted by atomic mass is 10.0. The third-order valence-electron chi connectivity index (χ3n) is 6.40.